The van der Waals surface area contributed by atoms with Crippen LogP contribution in [0, 0.1) is 24.0 Å². The SMILES string of the molecule is Cc1nn(Cc2ccc(C(=O)NC(C)CCO)cc2)c(C)c1[N+](=O)[O-]. The minimum absolute atomic E-state index is 0.0230. The molecular weight excluding hydrogens is 324 g/mol. The number of aliphatic hydroxyl groups excluding tert-OH is 1. The predicted octanol–water partition coefficient (Wildman–Crippen LogP) is 1.96. The Morgan fingerprint density at radius 2 is 2.00 bits per heavy atom. The van der Waals surface area contributed by atoms with E-state index in [9.17, 15) is 14.9 Å². The Hall–Kier alpha value is -2.74. The summed E-state index contributed by atoms with van der Waals surface area (Å²) in [5, 5.41) is 27.0. The fraction of sp³-hybridized carbons (Fsp3) is 0.412. The Labute approximate surface area is 145 Å². The predicted molar refractivity (Wildman–Crippen MR) is 92.5 cm³/mol. The molecule has 8 nitrogen and oxygen atoms in total. The number of rotatable bonds is 7. The number of carbonyl (C=O) groups excluding carboxylic acids is 1. The van der Waals surface area contributed by atoms with Crippen molar-refractivity contribution in [2.75, 3.05) is 6.61 Å². The van der Waals surface area contributed by atoms with E-state index in [1.807, 2.05) is 6.92 Å². The minimum atomic E-state index is -0.421. The number of benzene rings is 1. The van der Waals surface area contributed by atoms with E-state index < -0.39 is 4.92 Å². The van der Waals surface area contributed by atoms with Crippen LogP contribution in [-0.4, -0.2) is 38.4 Å². The second-order valence-electron chi connectivity index (χ2n) is 6.02. The third-order valence-electron chi connectivity index (χ3n) is 4.01. The summed E-state index contributed by atoms with van der Waals surface area (Å²) >= 11 is 0. The number of nitro groups is 1. The van der Waals surface area contributed by atoms with Crippen LogP contribution < -0.4 is 5.32 Å². The van der Waals surface area contributed by atoms with Crippen molar-refractivity contribution in [2.24, 2.45) is 0 Å². The number of nitrogens with zero attached hydrogens (tertiary/aromatic N) is 3. The molecular formula is C17H22N4O4. The lowest BCUT2D eigenvalue weighted by Gasteiger charge is -2.12. The Bertz CT molecular complexity index is 768. The highest BCUT2D eigenvalue weighted by molar-refractivity contribution is 5.94. The van der Waals surface area contributed by atoms with E-state index in [0.717, 1.165) is 5.56 Å². The van der Waals surface area contributed by atoms with Gasteiger partial charge in [0.1, 0.15) is 11.4 Å². The molecule has 134 valence electrons. The fourth-order valence-electron chi connectivity index (χ4n) is 2.61. The summed E-state index contributed by atoms with van der Waals surface area (Å²) in [4.78, 5) is 22.7. The van der Waals surface area contributed by atoms with E-state index in [2.05, 4.69) is 10.4 Å². The van der Waals surface area contributed by atoms with E-state index in [4.69, 9.17) is 5.11 Å². The van der Waals surface area contributed by atoms with Gasteiger partial charge in [0.15, 0.2) is 0 Å². The van der Waals surface area contributed by atoms with Crippen LogP contribution in [0.5, 0.6) is 0 Å². The summed E-state index contributed by atoms with van der Waals surface area (Å²) in [5.74, 6) is -0.200. The van der Waals surface area contributed by atoms with Crippen molar-refractivity contribution in [3.05, 3.63) is 56.9 Å². The first-order chi connectivity index (χ1) is 11.8. The summed E-state index contributed by atoms with van der Waals surface area (Å²) in [6.45, 7) is 5.53. The van der Waals surface area contributed by atoms with Gasteiger partial charge in [0.2, 0.25) is 0 Å². The van der Waals surface area contributed by atoms with Gasteiger partial charge in [0.05, 0.1) is 11.5 Å². The van der Waals surface area contributed by atoms with Crippen LogP contribution in [0.2, 0.25) is 0 Å². The molecule has 0 bridgehead atoms. The van der Waals surface area contributed by atoms with Gasteiger partial charge in [-0.15, -0.1) is 0 Å². The standard InChI is InChI=1S/C17H22N4O4/c1-11(8-9-22)18-17(23)15-6-4-14(5-7-15)10-20-13(3)16(21(24)25)12(2)19-20/h4-7,11,22H,8-10H2,1-3H3,(H,18,23). The minimum Gasteiger partial charge on any atom is -0.396 e. The van der Waals surface area contributed by atoms with E-state index >= 15 is 0 Å². The van der Waals surface area contributed by atoms with Crippen LogP contribution in [0.3, 0.4) is 0 Å². The molecule has 1 heterocycles. The Kier molecular flexibility index (Phi) is 5.87. The lowest BCUT2D eigenvalue weighted by atomic mass is 10.1. The van der Waals surface area contributed by atoms with E-state index in [1.54, 1.807) is 42.8 Å². The summed E-state index contributed by atoms with van der Waals surface area (Å²) in [6, 6.07) is 6.90. The maximum absolute atomic E-state index is 12.1. The van der Waals surface area contributed by atoms with Crippen molar-refractivity contribution in [3.8, 4) is 0 Å². The monoisotopic (exact) mass is 346 g/mol. The van der Waals surface area contributed by atoms with Crippen LogP contribution in [-0.2, 0) is 6.54 Å². The smallest absolute Gasteiger partial charge is 0.312 e. The van der Waals surface area contributed by atoms with E-state index in [0.29, 0.717) is 29.9 Å². The number of amides is 1. The average molecular weight is 346 g/mol. The molecule has 1 aromatic heterocycles. The molecule has 25 heavy (non-hydrogen) atoms. The first-order valence-electron chi connectivity index (χ1n) is 8.02. The van der Waals surface area contributed by atoms with Crippen molar-refractivity contribution >= 4 is 11.6 Å². The molecule has 1 aromatic carbocycles. The van der Waals surface area contributed by atoms with Crippen molar-refractivity contribution in [3.63, 3.8) is 0 Å². The molecule has 0 radical (unpaired) electrons. The van der Waals surface area contributed by atoms with Gasteiger partial charge in [-0.2, -0.15) is 5.10 Å². The quantitative estimate of drug-likeness (QED) is 0.588. The summed E-state index contributed by atoms with van der Waals surface area (Å²) < 4.78 is 1.59. The van der Waals surface area contributed by atoms with Gasteiger partial charge < -0.3 is 10.4 Å². The maximum atomic E-state index is 12.1. The molecule has 0 saturated heterocycles. The largest absolute Gasteiger partial charge is 0.396 e. The van der Waals surface area contributed by atoms with Gasteiger partial charge in [-0.3, -0.25) is 19.6 Å². The number of hydrogen-bond donors (Lipinski definition) is 2. The van der Waals surface area contributed by atoms with Crippen molar-refractivity contribution in [1.82, 2.24) is 15.1 Å². The molecule has 0 aliphatic carbocycles. The highest BCUT2D eigenvalue weighted by Gasteiger charge is 2.21. The third kappa shape index (κ3) is 4.42. The number of carbonyl (C=O) groups is 1. The van der Waals surface area contributed by atoms with Crippen molar-refractivity contribution in [2.45, 2.75) is 39.8 Å². The first kappa shape index (κ1) is 18.6. The van der Waals surface area contributed by atoms with Gasteiger partial charge >= 0.3 is 5.69 Å². The van der Waals surface area contributed by atoms with Gasteiger partial charge in [-0.1, -0.05) is 12.1 Å². The zero-order chi connectivity index (χ0) is 18.6. The molecule has 1 atom stereocenters. The van der Waals surface area contributed by atoms with Gasteiger partial charge in [-0.25, -0.2) is 0 Å². The Morgan fingerprint density at radius 1 is 1.36 bits per heavy atom. The molecule has 0 saturated carbocycles. The zero-order valence-corrected chi connectivity index (χ0v) is 14.5. The molecule has 1 amide bonds. The van der Waals surface area contributed by atoms with E-state index in [1.165, 1.54) is 0 Å². The maximum Gasteiger partial charge on any atom is 0.312 e. The van der Waals surface area contributed by atoms with Gasteiger partial charge in [-0.05, 0) is 44.9 Å². The normalized spacial score (nSPS) is 12.0. The molecule has 2 N–H and O–H groups in total. The summed E-state index contributed by atoms with van der Waals surface area (Å²) in [7, 11) is 0. The number of aromatic nitrogens is 2. The number of nitrogens with one attached hydrogen (secondary N) is 1. The number of hydrogen-bond acceptors (Lipinski definition) is 5. The Morgan fingerprint density at radius 3 is 2.52 bits per heavy atom. The number of aryl methyl sites for hydroxylation is 1. The molecule has 8 heteroatoms. The van der Waals surface area contributed by atoms with Crippen LogP contribution in [0.15, 0.2) is 24.3 Å². The molecule has 1 unspecified atom stereocenters. The van der Waals surface area contributed by atoms with Crippen LogP contribution in [0.1, 0.15) is 40.7 Å². The average Bonchev–Trinajstić information content (AvgIpc) is 2.82. The zero-order valence-electron chi connectivity index (χ0n) is 14.5. The van der Waals surface area contributed by atoms with Crippen LogP contribution in [0.4, 0.5) is 5.69 Å². The lowest BCUT2D eigenvalue weighted by Crippen LogP contribution is -2.33. The molecule has 2 rings (SSSR count). The van der Waals surface area contributed by atoms with E-state index in [-0.39, 0.29) is 24.2 Å². The van der Waals surface area contributed by atoms with Crippen molar-refractivity contribution < 1.29 is 14.8 Å². The van der Waals surface area contributed by atoms with Crippen molar-refractivity contribution in [1.29, 1.82) is 0 Å². The summed E-state index contributed by atoms with van der Waals surface area (Å²) in [5.41, 5.74) is 2.33. The van der Waals surface area contributed by atoms with Gasteiger partial charge in [0, 0.05) is 18.2 Å². The second-order valence-corrected chi connectivity index (χ2v) is 6.02. The third-order valence-corrected chi connectivity index (χ3v) is 4.01. The topological polar surface area (TPSA) is 110 Å². The second kappa shape index (κ2) is 7.89. The fourth-order valence-corrected chi connectivity index (χ4v) is 2.61. The molecule has 0 spiro atoms. The van der Waals surface area contributed by atoms with Crippen LogP contribution >= 0.6 is 0 Å². The molecule has 0 aliphatic heterocycles. The highest BCUT2D eigenvalue weighted by atomic mass is 16.6. The van der Waals surface area contributed by atoms with Gasteiger partial charge in [0.25, 0.3) is 5.91 Å². The Balaban J connectivity index is 2.10. The highest BCUT2D eigenvalue weighted by Crippen LogP contribution is 2.22. The number of aliphatic hydroxyl groups is 1. The van der Waals surface area contributed by atoms with Crippen LogP contribution in [0.25, 0.3) is 0 Å². The molecule has 2 aromatic rings. The molecule has 0 fully saturated rings. The lowest BCUT2D eigenvalue weighted by molar-refractivity contribution is -0.386. The first-order valence-corrected chi connectivity index (χ1v) is 8.02. The summed E-state index contributed by atoms with van der Waals surface area (Å²) in [6.07, 6.45) is 0.501. The molecule has 0 aliphatic rings.